The number of carboxylic acid groups (broad SMARTS) is 1. The molecular formula is C12H23NaO5S. The number of carbonyl (C=O) groups is 1. The predicted molar refractivity (Wildman–Crippen MR) is 67.6 cm³/mol. The molecule has 0 aromatic heterocycles. The fourth-order valence-corrected chi connectivity index (χ4v) is 2.56. The van der Waals surface area contributed by atoms with Crippen molar-refractivity contribution >= 4 is 16.1 Å². The summed E-state index contributed by atoms with van der Waals surface area (Å²) in [5.74, 6) is -1.72. The Morgan fingerprint density at radius 3 is 1.84 bits per heavy atom. The molecule has 1 atom stereocenters. The Kier molecular flexibility index (Phi) is 13.9. The van der Waals surface area contributed by atoms with Gasteiger partial charge in [0, 0.05) is 0 Å². The minimum Gasteiger partial charge on any atom is -0.549 e. The monoisotopic (exact) mass is 302 g/mol. The van der Waals surface area contributed by atoms with Gasteiger partial charge in [0.05, 0.1) is 5.97 Å². The number of unbranched alkanes of at least 4 members (excludes halogenated alkanes) is 7. The van der Waals surface area contributed by atoms with Crippen LogP contribution in [-0.4, -0.2) is 24.2 Å². The second kappa shape index (κ2) is 12.1. The summed E-state index contributed by atoms with van der Waals surface area (Å²) in [5.41, 5.74) is 0. The molecule has 0 aliphatic carbocycles. The van der Waals surface area contributed by atoms with E-state index in [9.17, 15) is 18.3 Å². The van der Waals surface area contributed by atoms with Gasteiger partial charge in [-0.05, 0) is 6.42 Å². The molecule has 0 heterocycles. The van der Waals surface area contributed by atoms with Gasteiger partial charge in [-0.2, -0.15) is 8.42 Å². The van der Waals surface area contributed by atoms with Gasteiger partial charge in [-0.15, -0.1) is 0 Å². The number of carbonyl (C=O) groups excluding carboxylic acids is 1. The van der Waals surface area contributed by atoms with Crippen molar-refractivity contribution in [2.75, 3.05) is 0 Å². The standard InChI is InChI=1S/C12H24O5S.Na/c1-2-3-4-5-6-7-8-9-10-11(12(13)14)18(15,16)17;/h11H,2-10H2,1H3,(H,13,14)(H,15,16,17);/q;+1/p-1. The normalized spacial score (nSPS) is 12.7. The number of carboxylic acids is 1. The molecule has 1 N–H and O–H groups in total. The molecule has 0 rings (SSSR count). The van der Waals surface area contributed by atoms with Crippen molar-refractivity contribution in [3.63, 3.8) is 0 Å². The van der Waals surface area contributed by atoms with E-state index in [0.29, 0.717) is 6.42 Å². The van der Waals surface area contributed by atoms with Gasteiger partial charge in [0.15, 0.2) is 0 Å². The molecule has 0 spiro atoms. The SMILES string of the molecule is CCCCCCCCCCC(C(=O)[O-])S(=O)(=O)O.[Na+]. The summed E-state index contributed by atoms with van der Waals surface area (Å²) in [5, 5.41) is 8.75. The zero-order valence-electron chi connectivity index (χ0n) is 11.9. The predicted octanol–water partition coefficient (Wildman–Crippen LogP) is -1.47. The smallest absolute Gasteiger partial charge is 0.549 e. The Morgan fingerprint density at radius 1 is 1.05 bits per heavy atom. The Hall–Kier alpha value is 0.380. The Morgan fingerprint density at radius 2 is 1.47 bits per heavy atom. The van der Waals surface area contributed by atoms with E-state index in [1.165, 1.54) is 19.3 Å². The van der Waals surface area contributed by atoms with Crippen LogP contribution >= 0.6 is 0 Å². The van der Waals surface area contributed by atoms with E-state index >= 15 is 0 Å². The van der Waals surface area contributed by atoms with Crippen molar-refractivity contribution in [3.05, 3.63) is 0 Å². The average molecular weight is 302 g/mol. The first-order chi connectivity index (χ1) is 8.39. The van der Waals surface area contributed by atoms with E-state index in [0.717, 1.165) is 25.7 Å². The first-order valence-electron chi connectivity index (χ1n) is 6.56. The Balaban J connectivity index is 0. The van der Waals surface area contributed by atoms with Gasteiger partial charge in [-0.1, -0.05) is 58.3 Å². The minimum atomic E-state index is -4.53. The average Bonchev–Trinajstić information content (AvgIpc) is 2.24. The topological polar surface area (TPSA) is 94.5 Å². The van der Waals surface area contributed by atoms with E-state index in [2.05, 4.69) is 6.92 Å². The number of rotatable bonds is 11. The van der Waals surface area contributed by atoms with Crippen LogP contribution in [0.2, 0.25) is 0 Å². The molecule has 0 radical (unpaired) electrons. The molecule has 19 heavy (non-hydrogen) atoms. The second-order valence-electron chi connectivity index (χ2n) is 4.59. The van der Waals surface area contributed by atoms with Crippen molar-refractivity contribution < 1.29 is 52.4 Å². The zero-order chi connectivity index (χ0) is 14.0. The molecule has 5 nitrogen and oxygen atoms in total. The van der Waals surface area contributed by atoms with E-state index in [4.69, 9.17) is 4.55 Å². The van der Waals surface area contributed by atoms with Crippen molar-refractivity contribution in [1.82, 2.24) is 0 Å². The molecule has 0 aromatic rings. The van der Waals surface area contributed by atoms with Crippen LogP contribution in [0.15, 0.2) is 0 Å². The molecule has 0 saturated carbocycles. The molecule has 0 saturated heterocycles. The number of aliphatic carboxylic acids is 1. The van der Waals surface area contributed by atoms with Crippen molar-refractivity contribution in [2.24, 2.45) is 0 Å². The number of hydrogen-bond acceptors (Lipinski definition) is 4. The van der Waals surface area contributed by atoms with Crippen molar-refractivity contribution in [1.29, 1.82) is 0 Å². The fraction of sp³-hybridized carbons (Fsp3) is 0.917. The zero-order valence-corrected chi connectivity index (χ0v) is 14.7. The number of hydrogen-bond donors (Lipinski definition) is 1. The van der Waals surface area contributed by atoms with Gasteiger partial charge in [-0.3, -0.25) is 4.55 Å². The van der Waals surface area contributed by atoms with Crippen LogP contribution in [0.25, 0.3) is 0 Å². The molecule has 0 amide bonds. The van der Waals surface area contributed by atoms with Crippen LogP contribution in [0.1, 0.15) is 64.7 Å². The molecule has 1 unspecified atom stereocenters. The van der Waals surface area contributed by atoms with Crippen LogP contribution in [-0.2, 0) is 14.9 Å². The van der Waals surface area contributed by atoms with Gasteiger partial charge < -0.3 is 9.90 Å². The largest absolute Gasteiger partial charge is 1.00 e. The molecular weight excluding hydrogens is 279 g/mol. The van der Waals surface area contributed by atoms with Crippen LogP contribution in [0.3, 0.4) is 0 Å². The third-order valence-electron chi connectivity index (χ3n) is 2.94. The van der Waals surface area contributed by atoms with Gasteiger partial charge in [-0.25, -0.2) is 0 Å². The first kappa shape index (κ1) is 21.7. The Bertz CT molecular complexity index is 329. The van der Waals surface area contributed by atoms with Gasteiger partial charge in [0.2, 0.25) is 0 Å². The molecule has 108 valence electrons. The minimum absolute atomic E-state index is 0. The summed E-state index contributed by atoms with van der Waals surface area (Å²) < 4.78 is 30.2. The maximum absolute atomic E-state index is 10.7. The summed E-state index contributed by atoms with van der Waals surface area (Å²) >= 11 is 0. The molecule has 0 bridgehead atoms. The van der Waals surface area contributed by atoms with Crippen molar-refractivity contribution in [3.8, 4) is 0 Å². The maximum Gasteiger partial charge on any atom is 1.00 e. The summed E-state index contributed by atoms with van der Waals surface area (Å²) in [6.07, 6.45) is 8.04. The third-order valence-corrected chi connectivity index (χ3v) is 4.09. The quantitative estimate of drug-likeness (QED) is 0.286. The summed E-state index contributed by atoms with van der Waals surface area (Å²) in [7, 11) is -4.53. The Labute approximate surface area is 138 Å². The van der Waals surface area contributed by atoms with Crippen LogP contribution in [0.4, 0.5) is 0 Å². The molecule has 7 heteroatoms. The summed E-state index contributed by atoms with van der Waals surface area (Å²) in [6, 6.07) is 0. The van der Waals surface area contributed by atoms with Crippen molar-refractivity contribution in [2.45, 2.75) is 70.0 Å². The van der Waals surface area contributed by atoms with Gasteiger partial charge >= 0.3 is 29.6 Å². The van der Waals surface area contributed by atoms with E-state index < -0.39 is 21.3 Å². The maximum atomic E-state index is 10.7. The van der Waals surface area contributed by atoms with E-state index in [1.54, 1.807) is 0 Å². The molecule has 0 aromatic carbocycles. The fourth-order valence-electron chi connectivity index (χ4n) is 1.85. The second-order valence-corrected chi connectivity index (χ2v) is 6.19. The summed E-state index contributed by atoms with van der Waals surface area (Å²) in [6.45, 7) is 2.15. The molecule has 0 aliphatic rings. The van der Waals surface area contributed by atoms with E-state index in [-0.39, 0.29) is 36.0 Å². The van der Waals surface area contributed by atoms with Gasteiger partial charge in [0.25, 0.3) is 10.1 Å². The van der Waals surface area contributed by atoms with Gasteiger partial charge in [0.1, 0.15) is 5.25 Å². The van der Waals surface area contributed by atoms with Crippen LogP contribution in [0, 0.1) is 0 Å². The van der Waals surface area contributed by atoms with E-state index in [1.807, 2.05) is 0 Å². The molecule has 0 aliphatic heterocycles. The third kappa shape index (κ3) is 11.9. The van der Waals surface area contributed by atoms with Crippen LogP contribution in [0.5, 0.6) is 0 Å². The van der Waals surface area contributed by atoms with Crippen LogP contribution < -0.4 is 34.7 Å². The molecule has 0 fully saturated rings. The first-order valence-corrected chi connectivity index (χ1v) is 8.07. The summed E-state index contributed by atoms with van der Waals surface area (Å²) in [4.78, 5) is 10.5.